The molecule has 0 saturated heterocycles. The van der Waals surface area contributed by atoms with Crippen molar-refractivity contribution in [2.24, 2.45) is 0 Å². The van der Waals surface area contributed by atoms with Gasteiger partial charge in [-0.1, -0.05) is 0 Å². The molecular formula is C93H2-2. The summed E-state index contributed by atoms with van der Waals surface area (Å²) in [6.45, 7) is 3.32. The fourth-order valence-electron chi connectivity index (χ4n) is 2.79. The molecule has 376 valence electrons. The minimum absolute atomic E-state index is 1.87. The van der Waals surface area contributed by atoms with E-state index in [2.05, 4.69) is 540 Å². The lowest BCUT2D eigenvalue weighted by Gasteiger charge is -1.64. The van der Waals surface area contributed by atoms with E-state index < -0.39 is 0 Å². The van der Waals surface area contributed by atoms with Crippen molar-refractivity contribution >= 4 is 0 Å². The van der Waals surface area contributed by atoms with Gasteiger partial charge >= 0.3 is 0 Å². The standard InChI is InChI=1S/C93H2/c1-3-5-7-9-11-13-15-17-19-21-23-25-27-29-31-33-35-37-39-41-43-45-47-49-51-53-55-57-59-61-63-65-67-69-71-73-75-77-79-81-83-85-87-89-91-93-92-90-88-86-84-82-80-78-76-74-72-70-68-66-64-62-60-58-56-54-52-50-48-46-44-42-40-38-36-34-32-30-28-26-24-22-20-18-16-14-12-10-8-6-4-2/h1H2/q-2. The Morgan fingerprint density at radius 2 is 0.140 bits per heavy atom. The Hall–Kier alpha value is -20.4. The van der Waals surface area contributed by atoms with Crippen molar-refractivity contribution in [3.8, 4) is 539 Å². The zero-order chi connectivity index (χ0) is 66.3. The Morgan fingerprint density at radius 3 is 0.194 bits per heavy atom. The summed E-state index contributed by atoms with van der Waals surface area (Å²) < 4.78 is 0. The van der Waals surface area contributed by atoms with Gasteiger partial charge in [0, 0.05) is 409 Å². The SMILES string of the molecule is [C-]#CC#CC#CC#CC#CC#CC#CC#CC#CC#CC#CC#CC#CC#CC#CC#CC#CC#CC#CC#CC#CC#CC#CC#CC#CC#CC#CC#CC#CC#CC#CC#CC#CC#CC#CC#CC#CC#CC#CC#CC#CC#CC#CC#CC#CC#C[CH2-]. The third-order valence-electron chi connectivity index (χ3n) is 5.65. The highest BCUT2D eigenvalue weighted by atomic mass is 13.7. The van der Waals surface area contributed by atoms with Crippen LogP contribution in [0.3, 0.4) is 0 Å². The molecule has 0 radical (unpaired) electrons. The van der Waals surface area contributed by atoms with Gasteiger partial charge in [0.2, 0.25) is 0 Å². The minimum Gasteiger partial charge on any atom is -0.358 e. The second-order valence-electron chi connectivity index (χ2n) is 11.4. The molecule has 0 amide bonds. The van der Waals surface area contributed by atoms with Gasteiger partial charge in [-0.3, -0.25) is 11.8 Å². The van der Waals surface area contributed by atoms with Crippen molar-refractivity contribution in [3.63, 3.8) is 0 Å². The van der Waals surface area contributed by atoms with Crippen LogP contribution >= 0.6 is 0 Å². The van der Waals surface area contributed by atoms with Crippen LogP contribution in [0.1, 0.15) is 0 Å². The molecule has 0 unspecified atom stereocenters. The first-order chi connectivity index (χ1) is 46.4. The van der Waals surface area contributed by atoms with Gasteiger partial charge in [-0.05, 0) is 94.7 Å². The van der Waals surface area contributed by atoms with E-state index in [1.165, 1.54) is 0 Å². The lowest BCUT2D eigenvalue weighted by Crippen LogP contribution is -1.57. The lowest BCUT2D eigenvalue weighted by molar-refractivity contribution is 2.31. The smallest absolute Gasteiger partial charge is 0 e. The van der Waals surface area contributed by atoms with Gasteiger partial charge in [0.25, 0.3) is 0 Å². The summed E-state index contributed by atoms with van der Waals surface area (Å²) in [5, 5.41) is 0. The molecule has 0 aliphatic rings. The van der Waals surface area contributed by atoms with Crippen LogP contribution in [0.15, 0.2) is 0 Å². The summed E-state index contributed by atoms with van der Waals surface area (Å²) in [6, 6.07) is 0. The molecule has 0 aliphatic carbocycles. The van der Waals surface area contributed by atoms with Gasteiger partial charge in [0.1, 0.15) is 0 Å². The molecule has 0 spiro atoms. The summed E-state index contributed by atoms with van der Waals surface area (Å²) in [6.07, 6.45) is 6.59. The van der Waals surface area contributed by atoms with Crippen LogP contribution in [0, 0.1) is 552 Å². The van der Waals surface area contributed by atoms with E-state index in [0.29, 0.717) is 0 Å². The monoisotopic (exact) mass is 1120 g/mol. The molecule has 0 bridgehead atoms. The zero-order valence-corrected chi connectivity index (χ0v) is 46.7. The maximum absolute atomic E-state index is 6.59. The zero-order valence-electron chi connectivity index (χ0n) is 46.7. The quantitative estimate of drug-likeness (QED) is 0.246. The first-order valence-corrected chi connectivity index (χ1v) is 23.1. The Morgan fingerprint density at radius 1 is 0.0860 bits per heavy atom. The summed E-state index contributed by atoms with van der Waals surface area (Å²) in [5.74, 6) is 226. The Balaban J connectivity index is 4.63. The molecule has 93 heavy (non-hydrogen) atoms. The summed E-state index contributed by atoms with van der Waals surface area (Å²) >= 11 is 0. The molecule has 0 rings (SSSR count). The van der Waals surface area contributed by atoms with E-state index in [0.717, 1.165) is 0 Å². The Labute approximate surface area is 548 Å². The van der Waals surface area contributed by atoms with Crippen LogP contribution < -0.4 is 0 Å². The summed E-state index contributed by atoms with van der Waals surface area (Å²) in [7, 11) is 0. The van der Waals surface area contributed by atoms with Crippen molar-refractivity contribution in [2.75, 3.05) is 0 Å². The average molecular weight is 1120 g/mol. The van der Waals surface area contributed by atoms with Crippen molar-refractivity contribution in [1.29, 1.82) is 0 Å². The van der Waals surface area contributed by atoms with E-state index in [4.69, 9.17) is 6.42 Å². The second-order valence-corrected chi connectivity index (χ2v) is 11.4. The highest BCUT2D eigenvalue weighted by molar-refractivity contribution is 5.55. The van der Waals surface area contributed by atoms with Crippen LogP contribution in [0.5, 0.6) is 0 Å². The molecule has 0 saturated carbocycles. The topological polar surface area (TPSA) is 0 Å². The van der Waals surface area contributed by atoms with E-state index in [1.54, 1.807) is 0 Å². The molecule has 0 atom stereocenters. The number of rotatable bonds is 0. The maximum atomic E-state index is 6.59. The van der Waals surface area contributed by atoms with E-state index in [-0.39, 0.29) is 0 Å². The van der Waals surface area contributed by atoms with Gasteiger partial charge in [-0.2, -0.15) is 6.92 Å². The fourth-order valence-corrected chi connectivity index (χ4v) is 2.79. The maximum Gasteiger partial charge on any atom is 0 e. The van der Waals surface area contributed by atoms with Crippen molar-refractivity contribution < 1.29 is 0 Å². The van der Waals surface area contributed by atoms with Crippen molar-refractivity contribution in [3.05, 3.63) is 13.3 Å². The first-order valence-electron chi connectivity index (χ1n) is 23.1. The molecule has 0 aromatic carbocycles. The highest BCUT2D eigenvalue weighted by Crippen LogP contribution is 1.66. The number of hydrogen-bond donors (Lipinski definition) is 0. The second kappa shape index (κ2) is 71.6. The number of hydrogen-bond acceptors (Lipinski definition) is 0. The molecule has 0 N–H and O–H groups in total. The van der Waals surface area contributed by atoms with E-state index in [1.807, 2.05) is 5.92 Å². The van der Waals surface area contributed by atoms with Crippen molar-refractivity contribution in [2.45, 2.75) is 0 Å². The minimum atomic E-state index is 1.87. The third-order valence-corrected chi connectivity index (χ3v) is 5.65. The first kappa shape index (κ1) is 72.6. The molecule has 0 nitrogen and oxygen atoms in total. The van der Waals surface area contributed by atoms with E-state index >= 15 is 0 Å². The molecule has 0 aromatic rings. The largest absolute Gasteiger partial charge is 0.358 e. The average Bonchev–Trinajstić information content (AvgIpc) is 3.58. The lowest BCUT2D eigenvalue weighted by atomic mass is 10.4. The van der Waals surface area contributed by atoms with Gasteiger partial charge in [0.05, 0.1) is 0 Å². The Bertz CT molecular complexity index is 6490. The van der Waals surface area contributed by atoms with Gasteiger partial charge < -0.3 is 6.42 Å². The molecular weight excluding hydrogens is 1120 g/mol. The predicted molar refractivity (Wildman–Crippen MR) is 362 cm³/mol. The van der Waals surface area contributed by atoms with Crippen LogP contribution in [-0.2, 0) is 0 Å². The van der Waals surface area contributed by atoms with Crippen LogP contribution in [-0.4, -0.2) is 0 Å². The third kappa shape index (κ3) is 71.6. The summed E-state index contributed by atoms with van der Waals surface area (Å²) in [5.41, 5.74) is 0. The normalized spacial score (nSPS) is 3.95. The van der Waals surface area contributed by atoms with Crippen LogP contribution in [0.4, 0.5) is 0 Å². The van der Waals surface area contributed by atoms with Gasteiger partial charge in [-0.25, -0.2) is 11.8 Å². The molecule has 0 fully saturated rings. The Kier molecular flexibility index (Phi) is 55.9. The fraction of sp³-hybridized carbons (Fsp3) is 0. The van der Waals surface area contributed by atoms with Crippen molar-refractivity contribution in [1.82, 2.24) is 0 Å². The molecule has 0 aromatic heterocycles. The highest BCUT2D eigenvalue weighted by Gasteiger charge is 1.66. The van der Waals surface area contributed by atoms with Crippen LogP contribution in [0.2, 0.25) is 0 Å². The van der Waals surface area contributed by atoms with Gasteiger partial charge in [0.15, 0.2) is 0 Å². The van der Waals surface area contributed by atoms with Crippen LogP contribution in [0.25, 0.3) is 0 Å². The molecule has 0 aliphatic heterocycles. The van der Waals surface area contributed by atoms with E-state index in [9.17, 15) is 0 Å². The van der Waals surface area contributed by atoms with Gasteiger partial charge in [-0.15, -0.1) is 11.8 Å². The predicted octanol–water partition coefficient (Wildman–Crippen LogP) is 0.563. The summed E-state index contributed by atoms with van der Waals surface area (Å²) in [4.78, 5) is 0. The molecule has 0 heterocycles. The molecule has 0 heteroatoms.